The van der Waals surface area contributed by atoms with Crippen molar-refractivity contribution in [2.75, 3.05) is 19.6 Å². The summed E-state index contributed by atoms with van der Waals surface area (Å²) in [5.74, 6) is 6.56. The number of rotatable bonds is 4. The minimum absolute atomic E-state index is 0.0311. The Morgan fingerprint density at radius 2 is 2.00 bits per heavy atom. The van der Waals surface area contributed by atoms with Gasteiger partial charge in [-0.25, -0.2) is 0 Å². The lowest BCUT2D eigenvalue weighted by Gasteiger charge is -2.36. The molecule has 1 aliphatic heterocycles. The molecule has 1 atom stereocenters. The van der Waals surface area contributed by atoms with Crippen molar-refractivity contribution < 1.29 is 9.90 Å². The van der Waals surface area contributed by atoms with Gasteiger partial charge >= 0.3 is 0 Å². The first-order valence-electron chi connectivity index (χ1n) is 10.8. The molecule has 1 aromatic rings. The molecule has 3 rings (SSSR count). The summed E-state index contributed by atoms with van der Waals surface area (Å²) < 4.78 is 0. The second kappa shape index (κ2) is 9.58. The first kappa shape index (κ1) is 20.9. The molecule has 1 amide bonds. The number of hydrogen-bond acceptors (Lipinski definition) is 3. The maximum atomic E-state index is 12.7. The number of aliphatic hydroxyl groups is 1. The van der Waals surface area contributed by atoms with Crippen LogP contribution in [0.25, 0.3) is 0 Å². The van der Waals surface area contributed by atoms with E-state index in [4.69, 9.17) is 0 Å². The van der Waals surface area contributed by atoms with Gasteiger partial charge in [0.05, 0.1) is 0 Å². The molecule has 2 N–H and O–H groups in total. The zero-order chi connectivity index (χ0) is 20.0. The summed E-state index contributed by atoms with van der Waals surface area (Å²) in [5, 5.41) is 13.0. The van der Waals surface area contributed by atoms with Crippen LogP contribution < -0.4 is 5.32 Å². The van der Waals surface area contributed by atoms with Gasteiger partial charge in [0, 0.05) is 30.3 Å². The van der Waals surface area contributed by atoms with Crippen molar-refractivity contribution in [2.45, 2.75) is 70.4 Å². The van der Waals surface area contributed by atoms with Gasteiger partial charge in [-0.2, -0.15) is 0 Å². The van der Waals surface area contributed by atoms with Crippen LogP contribution >= 0.6 is 0 Å². The highest BCUT2D eigenvalue weighted by Crippen LogP contribution is 2.25. The largest absolute Gasteiger partial charge is 0.378 e. The van der Waals surface area contributed by atoms with Gasteiger partial charge in [0.1, 0.15) is 5.60 Å². The minimum atomic E-state index is -1.04. The average molecular weight is 383 g/mol. The van der Waals surface area contributed by atoms with Gasteiger partial charge in [0.15, 0.2) is 0 Å². The summed E-state index contributed by atoms with van der Waals surface area (Å²) in [6.07, 6.45) is 9.09. The molecule has 0 radical (unpaired) electrons. The third-order valence-electron chi connectivity index (χ3n) is 5.72. The number of benzene rings is 1. The van der Waals surface area contributed by atoms with Crippen molar-refractivity contribution in [2.24, 2.45) is 5.92 Å². The van der Waals surface area contributed by atoms with Crippen molar-refractivity contribution >= 4 is 5.91 Å². The Hall–Kier alpha value is -1.83. The van der Waals surface area contributed by atoms with E-state index in [1.165, 1.54) is 38.6 Å². The van der Waals surface area contributed by atoms with Crippen LogP contribution in [-0.2, 0) is 0 Å². The van der Waals surface area contributed by atoms with E-state index in [0.717, 1.165) is 37.4 Å². The molecule has 152 valence electrons. The summed E-state index contributed by atoms with van der Waals surface area (Å²) in [6.45, 7) is 6.61. The van der Waals surface area contributed by atoms with Gasteiger partial charge < -0.3 is 15.3 Å². The normalized spacial score (nSPS) is 21.6. The Labute approximate surface area is 169 Å². The molecule has 1 heterocycles. The fraction of sp³-hybridized carbons (Fsp3) is 0.625. The number of piperidine rings is 1. The Balaban J connectivity index is 1.55. The number of likely N-dealkylation sites (tertiary alicyclic amines) is 1. The molecule has 0 spiro atoms. The summed E-state index contributed by atoms with van der Waals surface area (Å²) in [6, 6.07) is 7.56. The lowest BCUT2D eigenvalue weighted by atomic mass is 9.88. The second-order valence-corrected chi connectivity index (χ2v) is 8.97. The molecule has 1 aromatic carbocycles. The molecule has 0 aromatic heterocycles. The molecule has 1 saturated heterocycles. The second-order valence-electron chi connectivity index (χ2n) is 8.97. The number of carbonyl (C=O) groups is 1. The molecule has 28 heavy (non-hydrogen) atoms. The third kappa shape index (κ3) is 6.65. The average Bonchev–Trinajstić information content (AvgIpc) is 2.67. The molecular weight excluding hydrogens is 348 g/mol. The van der Waals surface area contributed by atoms with E-state index in [1.54, 1.807) is 19.9 Å². The molecular formula is C24H34N2O2. The summed E-state index contributed by atoms with van der Waals surface area (Å²) in [7, 11) is 0. The zero-order valence-electron chi connectivity index (χ0n) is 17.3. The molecule has 0 bridgehead atoms. The molecule has 1 saturated carbocycles. The Morgan fingerprint density at radius 3 is 2.75 bits per heavy atom. The van der Waals surface area contributed by atoms with Crippen LogP contribution in [0.1, 0.15) is 74.7 Å². The van der Waals surface area contributed by atoms with Gasteiger partial charge in [-0.05, 0) is 70.2 Å². The summed E-state index contributed by atoms with van der Waals surface area (Å²) in [4.78, 5) is 15.3. The lowest BCUT2D eigenvalue weighted by Crippen LogP contribution is -2.48. The van der Waals surface area contributed by atoms with Crippen LogP contribution in [0.2, 0.25) is 0 Å². The van der Waals surface area contributed by atoms with E-state index in [0.29, 0.717) is 5.56 Å². The molecule has 2 aliphatic rings. The number of nitrogens with one attached hydrogen (secondary N) is 1. The van der Waals surface area contributed by atoms with Crippen molar-refractivity contribution in [1.82, 2.24) is 10.2 Å². The highest BCUT2D eigenvalue weighted by atomic mass is 16.3. The number of amides is 1. The smallest absolute Gasteiger partial charge is 0.251 e. The Bertz CT molecular complexity index is 720. The van der Waals surface area contributed by atoms with Crippen molar-refractivity contribution in [3.8, 4) is 11.8 Å². The van der Waals surface area contributed by atoms with E-state index in [1.807, 2.05) is 18.2 Å². The van der Waals surface area contributed by atoms with Crippen LogP contribution in [-0.4, -0.2) is 47.2 Å². The van der Waals surface area contributed by atoms with Crippen molar-refractivity contribution in [3.05, 3.63) is 35.4 Å². The Morgan fingerprint density at radius 1 is 1.21 bits per heavy atom. The maximum Gasteiger partial charge on any atom is 0.251 e. The van der Waals surface area contributed by atoms with Crippen molar-refractivity contribution in [1.29, 1.82) is 0 Å². The van der Waals surface area contributed by atoms with Gasteiger partial charge in [-0.1, -0.05) is 37.2 Å². The fourth-order valence-electron chi connectivity index (χ4n) is 4.31. The standard InChI is InChI=1S/C24H34N2O2/c1-24(2,28)14-13-19-10-6-11-21(16-19)23(27)25-22-12-7-15-26(18-22)17-20-8-4-3-5-9-20/h6,10-11,16,20,22,28H,3-5,7-9,12,15,17-18H2,1-2H3,(H,25,27). The van der Waals surface area contributed by atoms with Gasteiger partial charge in [0.2, 0.25) is 0 Å². The van der Waals surface area contributed by atoms with Crippen LogP contribution in [0, 0.1) is 17.8 Å². The first-order chi connectivity index (χ1) is 13.4. The third-order valence-corrected chi connectivity index (χ3v) is 5.72. The molecule has 1 unspecified atom stereocenters. The van der Waals surface area contributed by atoms with Crippen LogP contribution in [0.4, 0.5) is 0 Å². The highest BCUT2D eigenvalue weighted by Gasteiger charge is 2.24. The monoisotopic (exact) mass is 382 g/mol. The number of carbonyl (C=O) groups excluding carboxylic acids is 1. The van der Waals surface area contributed by atoms with Gasteiger partial charge in [-0.15, -0.1) is 0 Å². The van der Waals surface area contributed by atoms with Gasteiger partial charge in [-0.3, -0.25) is 4.79 Å². The SMILES string of the molecule is CC(C)(O)C#Cc1cccc(C(=O)NC2CCCN(CC3CCCCC3)C2)c1. The number of nitrogens with zero attached hydrogens (tertiary/aromatic N) is 1. The van der Waals surface area contributed by atoms with Gasteiger partial charge in [0.25, 0.3) is 5.91 Å². The predicted octanol–water partition coefficient (Wildman–Crippen LogP) is 3.58. The van der Waals surface area contributed by atoms with Crippen LogP contribution in [0.15, 0.2) is 24.3 Å². The summed E-state index contributed by atoms with van der Waals surface area (Å²) >= 11 is 0. The predicted molar refractivity (Wildman–Crippen MR) is 113 cm³/mol. The minimum Gasteiger partial charge on any atom is -0.378 e. The highest BCUT2D eigenvalue weighted by molar-refractivity contribution is 5.94. The Kier molecular flexibility index (Phi) is 7.15. The molecule has 4 heteroatoms. The topological polar surface area (TPSA) is 52.6 Å². The fourth-order valence-corrected chi connectivity index (χ4v) is 4.31. The molecule has 1 aliphatic carbocycles. The number of hydrogen-bond donors (Lipinski definition) is 2. The van der Waals surface area contributed by atoms with E-state index in [9.17, 15) is 9.90 Å². The van der Waals surface area contributed by atoms with E-state index in [2.05, 4.69) is 22.1 Å². The van der Waals surface area contributed by atoms with Crippen LogP contribution in [0.3, 0.4) is 0 Å². The lowest BCUT2D eigenvalue weighted by molar-refractivity contribution is 0.0890. The molecule has 4 nitrogen and oxygen atoms in total. The maximum absolute atomic E-state index is 12.7. The van der Waals surface area contributed by atoms with Crippen LogP contribution in [0.5, 0.6) is 0 Å². The summed E-state index contributed by atoms with van der Waals surface area (Å²) in [5.41, 5.74) is 0.339. The first-order valence-corrected chi connectivity index (χ1v) is 10.8. The van der Waals surface area contributed by atoms with Crippen molar-refractivity contribution in [3.63, 3.8) is 0 Å². The zero-order valence-corrected chi connectivity index (χ0v) is 17.3. The van der Waals surface area contributed by atoms with E-state index in [-0.39, 0.29) is 11.9 Å². The van der Waals surface area contributed by atoms with E-state index >= 15 is 0 Å². The van der Waals surface area contributed by atoms with E-state index < -0.39 is 5.60 Å². The molecule has 2 fully saturated rings. The quantitative estimate of drug-likeness (QED) is 0.783.